The fraction of sp³-hybridized carbons (Fsp3) is 0. The Morgan fingerprint density at radius 3 is 2.25 bits per heavy atom. The van der Waals surface area contributed by atoms with Gasteiger partial charge >= 0.3 is 0 Å². The van der Waals surface area contributed by atoms with Crippen LogP contribution in [0.15, 0.2) is 36.4 Å². The van der Waals surface area contributed by atoms with Gasteiger partial charge in [0.1, 0.15) is 0 Å². The zero-order valence-corrected chi connectivity index (χ0v) is 13.7. The summed E-state index contributed by atoms with van der Waals surface area (Å²) < 4.78 is 0. The van der Waals surface area contributed by atoms with E-state index in [0.29, 0.717) is 36.6 Å². The van der Waals surface area contributed by atoms with Gasteiger partial charge in [0.2, 0.25) is 0 Å². The summed E-state index contributed by atoms with van der Waals surface area (Å²) in [6.07, 6.45) is 0. The van der Waals surface area contributed by atoms with E-state index < -0.39 is 0 Å². The van der Waals surface area contributed by atoms with E-state index in [-0.39, 0.29) is 0 Å². The maximum absolute atomic E-state index is 6.07. The van der Waals surface area contributed by atoms with Crippen molar-refractivity contribution < 1.29 is 0 Å². The van der Waals surface area contributed by atoms with Crippen LogP contribution in [-0.2, 0) is 0 Å². The molecule has 0 aliphatic carbocycles. The third kappa shape index (κ3) is 3.90. The first-order valence-corrected chi connectivity index (χ1v) is 7.36. The molecule has 0 aromatic heterocycles. The molecule has 0 amide bonds. The molecule has 2 N–H and O–H groups in total. The number of benzene rings is 2. The Morgan fingerprint density at radius 1 is 0.850 bits per heavy atom. The first-order valence-electron chi connectivity index (χ1n) is 5.44. The Hall–Kier alpha value is -0.710. The molecule has 2 aromatic carbocycles. The van der Waals surface area contributed by atoms with Crippen molar-refractivity contribution in [3.63, 3.8) is 0 Å². The highest BCUT2D eigenvalue weighted by Gasteiger charge is 2.07. The van der Waals surface area contributed by atoms with E-state index in [9.17, 15) is 0 Å². The second kappa shape index (κ2) is 6.83. The molecule has 7 heteroatoms. The van der Waals surface area contributed by atoms with Crippen molar-refractivity contribution in [2.75, 3.05) is 10.6 Å². The van der Waals surface area contributed by atoms with Crippen molar-refractivity contribution in [2.24, 2.45) is 0 Å². The van der Waals surface area contributed by atoms with E-state index in [1.54, 1.807) is 36.4 Å². The number of thiocarbonyl (C=S) groups is 1. The first kappa shape index (κ1) is 15.7. The van der Waals surface area contributed by atoms with Crippen LogP contribution < -0.4 is 10.6 Å². The molecular weight excluding hydrogens is 358 g/mol. The van der Waals surface area contributed by atoms with Gasteiger partial charge in [-0.05, 0) is 42.5 Å². The number of hydrogen-bond acceptors (Lipinski definition) is 1. The highest BCUT2D eigenvalue weighted by Crippen LogP contribution is 2.30. The molecule has 0 atom stereocenters. The minimum absolute atomic E-state index is 0.346. The van der Waals surface area contributed by atoms with Crippen molar-refractivity contribution in [1.82, 2.24) is 0 Å². The average Bonchev–Trinajstić information content (AvgIpc) is 2.38. The molecule has 20 heavy (non-hydrogen) atoms. The van der Waals surface area contributed by atoms with Crippen molar-refractivity contribution in [1.29, 1.82) is 0 Å². The predicted molar refractivity (Wildman–Crippen MR) is 92.8 cm³/mol. The Labute approximate surface area is 142 Å². The zero-order chi connectivity index (χ0) is 14.7. The van der Waals surface area contributed by atoms with Crippen LogP contribution in [-0.4, -0.2) is 5.11 Å². The van der Waals surface area contributed by atoms with Crippen LogP contribution in [0.25, 0.3) is 0 Å². The van der Waals surface area contributed by atoms with Gasteiger partial charge in [-0.1, -0.05) is 52.5 Å². The van der Waals surface area contributed by atoms with Crippen LogP contribution in [0.5, 0.6) is 0 Å². The fourth-order valence-corrected chi connectivity index (χ4v) is 2.49. The quantitative estimate of drug-likeness (QED) is 0.628. The normalized spacial score (nSPS) is 10.2. The summed E-state index contributed by atoms with van der Waals surface area (Å²) >= 11 is 29.1. The van der Waals surface area contributed by atoms with Crippen molar-refractivity contribution in [3.8, 4) is 0 Å². The Balaban J connectivity index is 2.11. The largest absolute Gasteiger partial charge is 0.331 e. The van der Waals surface area contributed by atoms with Crippen LogP contribution in [0.4, 0.5) is 11.4 Å². The van der Waals surface area contributed by atoms with Gasteiger partial charge in [0.05, 0.1) is 26.4 Å². The van der Waals surface area contributed by atoms with Crippen LogP contribution >= 0.6 is 58.6 Å². The summed E-state index contributed by atoms with van der Waals surface area (Å²) in [5, 5.41) is 8.14. The number of hydrogen-bond donors (Lipinski definition) is 2. The lowest BCUT2D eigenvalue weighted by molar-refractivity contribution is 1.59. The van der Waals surface area contributed by atoms with E-state index in [0.717, 1.165) is 0 Å². The molecule has 2 nitrogen and oxygen atoms in total. The van der Waals surface area contributed by atoms with Crippen LogP contribution in [0.2, 0.25) is 20.1 Å². The molecule has 0 unspecified atom stereocenters. The smallest absolute Gasteiger partial charge is 0.175 e. The van der Waals surface area contributed by atoms with Gasteiger partial charge in [0.25, 0.3) is 0 Å². The average molecular weight is 366 g/mol. The summed E-state index contributed by atoms with van der Waals surface area (Å²) in [5.74, 6) is 0. The molecule has 0 radical (unpaired) electrons. The molecule has 0 heterocycles. The van der Waals surface area contributed by atoms with Crippen molar-refractivity contribution in [3.05, 3.63) is 56.5 Å². The number of rotatable bonds is 2. The molecular formula is C13H8Cl4N2S. The monoisotopic (exact) mass is 364 g/mol. The minimum Gasteiger partial charge on any atom is -0.331 e. The summed E-state index contributed by atoms with van der Waals surface area (Å²) in [4.78, 5) is 0. The second-order valence-electron chi connectivity index (χ2n) is 3.80. The molecule has 2 aromatic rings. The lowest BCUT2D eigenvalue weighted by Gasteiger charge is -2.13. The standard InChI is InChI=1S/C13H8Cl4N2S/c14-7-4-5-10(9(16)6-7)18-13(20)19-11-3-1-2-8(15)12(11)17/h1-6H,(H2,18,19,20). The maximum atomic E-state index is 6.07. The summed E-state index contributed by atoms with van der Waals surface area (Å²) in [6, 6.07) is 10.3. The van der Waals surface area contributed by atoms with E-state index >= 15 is 0 Å². The Kier molecular flexibility index (Phi) is 5.35. The summed E-state index contributed by atoms with van der Waals surface area (Å²) in [6.45, 7) is 0. The van der Waals surface area contributed by atoms with E-state index in [1.165, 1.54) is 0 Å². The molecule has 0 saturated heterocycles. The highest BCUT2D eigenvalue weighted by atomic mass is 35.5. The number of halogens is 4. The van der Waals surface area contributed by atoms with Gasteiger partial charge in [-0.2, -0.15) is 0 Å². The fourth-order valence-electron chi connectivity index (χ4n) is 1.47. The number of anilines is 2. The van der Waals surface area contributed by atoms with Crippen molar-refractivity contribution in [2.45, 2.75) is 0 Å². The summed E-state index contributed by atoms with van der Waals surface area (Å²) in [7, 11) is 0. The molecule has 0 aliphatic rings. The van der Waals surface area contributed by atoms with E-state index in [1.807, 2.05) is 0 Å². The Bertz CT molecular complexity index is 661. The van der Waals surface area contributed by atoms with Gasteiger partial charge in [-0.3, -0.25) is 0 Å². The van der Waals surface area contributed by atoms with Gasteiger partial charge < -0.3 is 10.6 Å². The van der Waals surface area contributed by atoms with E-state index in [4.69, 9.17) is 58.6 Å². The lowest BCUT2D eigenvalue weighted by atomic mass is 10.3. The molecule has 104 valence electrons. The highest BCUT2D eigenvalue weighted by molar-refractivity contribution is 7.80. The minimum atomic E-state index is 0.346. The van der Waals surface area contributed by atoms with Gasteiger partial charge in [0, 0.05) is 5.02 Å². The molecule has 0 spiro atoms. The lowest BCUT2D eigenvalue weighted by Crippen LogP contribution is -2.19. The van der Waals surface area contributed by atoms with Crippen LogP contribution in [0.3, 0.4) is 0 Å². The topological polar surface area (TPSA) is 24.1 Å². The maximum Gasteiger partial charge on any atom is 0.175 e. The zero-order valence-electron chi connectivity index (χ0n) is 9.88. The molecule has 0 fully saturated rings. The molecule has 0 aliphatic heterocycles. The number of nitrogens with one attached hydrogen (secondary N) is 2. The third-order valence-electron chi connectivity index (χ3n) is 2.38. The van der Waals surface area contributed by atoms with Gasteiger partial charge in [-0.25, -0.2) is 0 Å². The predicted octanol–water partition coefficient (Wildman–Crippen LogP) is 6.11. The van der Waals surface area contributed by atoms with E-state index in [2.05, 4.69) is 10.6 Å². The molecule has 0 bridgehead atoms. The Morgan fingerprint density at radius 2 is 1.55 bits per heavy atom. The third-order valence-corrected chi connectivity index (χ3v) is 3.95. The van der Waals surface area contributed by atoms with Crippen LogP contribution in [0.1, 0.15) is 0 Å². The van der Waals surface area contributed by atoms with Crippen LogP contribution in [0, 0.1) is 0 Å². The molecule has 2 rings (SSSR count). The van der Waals surface area contributed by atoms with Crippen molar-refractivity contribution >= 4 is 75.1 Å². The first-order chi connectivity index (χ1) is 9.47. The summed E-state index contributed by atoms with van der Waals surface area (Å²) in [5.41, 5.74) is 1.26. The SMILES string of the molecule is S=C(Nc1ccc(Cl)cc1Cl)Nc1cccc(Cl)c1Cl. The van der Waals surface area contributed by atoms with Gasteiger partial charge in [0.15, 0.2) is 5.11 Å². The molecule has 0 saturated carbocycles. The van der Waals surface area contributed by atoms with Gasteiger partial charge in [-0.15, -0.1) is 0 Å². The second-order valence-corrected chi connectivity index (χ2v) is 5.84.